The lowest BCUT2D eigenvalue weighted by molar-refractivity contribution is 1.28. The van der Waals surface area contributed by atoms with Crippen molar-refractivity contribution in [1.82, 2.24) is 0 Å². The highest BCUT2D eigenvalue weighted by atomic mass is 127. The van der Waals surface area contributed by atoms with Crippen LogP contribution in [0.1, 0.15) is 13.8 Å². The van der Waals surface area contributed by atoms with Crippen LogP contribution in [0.3, 0.4) is 0 Å². The van der Waals surface area contributed by atoms with E-state index in [0.29, 0.717) is 0 Å². The van der Waals surface area contributed by atoms with Crippen molar-refractivity contribution in [2.45, 2.75) is 13.8 Å². The Morgan fingerprint density at radius 2 is 2.25 bits per heavy atom. The molecular weight excluding hydrogens is 215 g/mol. The summed E-state index contributed by atoms with van der Waals surface area (Å²) in [4.78, 5) is 4.22. The summed E-state index contributed by atoms with van der Waals surface area (Å²) in [5, 5.41) is 0. The molecule has 0 spiro atoms. The molecule has 44 valence electrons. The zero-order valence-corrected chi connectivity index (χ0v) is 7.01. The predicted molar refractivity (Wildman–Crippen MR) is 43.3 cm³/mol. The average Bonchev–Trinajstić information content (AvgIpc) is 1.64. The number of halogens is 1. The predicted octanol–water partition coefficient (Wildman–Crippen LogP) is 2.43. The van der Waals surface area contributed by atoms with Gasteiger partial charge in [0.2, 0.25) is 0 Å². The van der Waals surface area contributed by atoms with Gasteiger partial charge in [0.25, 0.3) is 0 Å². The summed E-state index contributed by atoms with van der Waals surface area (Å²) in [6, 6.07) is 0. The van der Waals surface area contributed by atoms with E-state index in [9.17, 15) is 0 Å². The van der Waals surface area contributed by atoms with Crippen LogP contribution in [0.25, 0.3) is 0 Å². The number of hydrogen-bond donors (Lipinski definition) is 0. The Kier molecular flexibility index (Phi) is 1.88. The second kappa shape index (κ2) is 2.48. The quantitative estimate of drug-likeness (QED) is 0.562. The first-order chi connectivity index (χ1) is 3.79. The van der Waals surface area contributed by atoms with Gasteiger partial charge in [0, 0.05) is 21.0 Å². The van der Waals surface area contributed by atoms with Crippen LogP contribution < -0.4 is 0 Å². The highest BCUT2D eigenvalue weighted by molar-refractivity contribution is 14.2. The third-order valence-electron chi connectivity index (χ3n) is 0.737. The lowest BCUT2D eigenvalue weighted by Crippen LogP contribution is -1.80. The Morgan fingerprint density at radius 1 is 1.50 bits per heavy atom. The van der Waals surface area contributed by atoms with E-state index < -0.39 is 0 Å². The third-order valence-corrected chi connectivity index (χ3v) is 2.23. The Balaban J connectivity index is 2.89. The minimum Gasteiger partial charge on any atom is -0.249 e. The fourth-order valence-electron chi connectivity index (χ4n) is 0.456. The number of nitrogens with zero attached hydrogens (tertiary/aromatic N) is 2. The molecule has 0 saturated heterocycles. The van der Waals surface area contributed by atoms with Gasteiger partial charge in [0.05, 0.1) is 15.6 Å². The maximum Gasteiger partial charge on any atom is 0.0881 e. The Morgan fingerprint density at radius 3 is 2.62 bits per heavy atom. The molecule has 2 nitrogen and oxygen atoms in total. The highest BCUT2D eigenvalue weighted by Crippen LogP contribution is 2.14. The van der Waals surface area contributed by atoms with E-state index in [4.69, 9.17) is 0 Å². The number of allylic oxidation sites excluding steroid dienone is 1. The van der Waals surface area contributed by atoms with Gasteiger partial charge in [0.15, 0.2) is 0 Å². The molecule has 0 fully saturated rings. The molecule has 3 heteroatoms. The van der Waals surface area contributed by atoms with E-state index in [1.165, 1.54) is 3.72 Å². The topological polar surface area (TPSA) is 24.7 Å². The summed E-state index contributed by atoms with van der Waals surface area (Å²) in [6.45, 7) is 4.00. The largest absolute Gasteiger partial charge is 0.249 e. The van der Waals surface area contributed by atoms with E-state index >= 15 is 0 Å². The lowest BCUT2D eigenvalue weighted by Gasteiger charge is -1.94. The molecule has 0 aromatic rings. The summed E-state index contributed by atoms with van der Waals surface area (Å²) in [5.41, 5.74) is 1.04. The summed E-state index contributed by atoms with van der Waals surface area (Å²) in [5.74, 6) is 0. The van der Waals surface area contributed by atoms with Crippen LogP contribution in [0.4, 0.5) is 0 Å². The van der Waals surface area contributed by atoms with Crippen molar-refractivity contribution >= 4 is 24.8 Å². The third kappa shape index (κ3) is 1.47. The molecule has 0 atom stereocenters. The van der Waals surface area contributed by atoms with Crippen molar-refractivity contribution < 1.29 is 0 Å². The van der Waals surface area contributed by atoms with Gasteiger partial charge in [-0.1, -0.05) is 0 Å². The van der Waals surface area contributed by atoms with Gasteiger partial charge in [-0.15, -0.1) is 0 Å². The molecule has 0 radical (unpaired) electrons. The fraction of sp³-hybridized carbons (Fsp3) is 0.400. The van der Waals surface area contributed by atoms with Gasteiger partial charge in [-0.2, -0.15) is 0 Å². The van der Waals surface area contributed by atoms with Crippen molar-refractivity contribution in [3.63, 3.8) is 0 Å². The molecule has 1 aliphatic heterocycles. The normalized spacial score (nSPS) is 18.8. The minimum atomic E-state index is -0.0766. The van der Waals surface area contributed by atoms with Crippen LogP contribution in [0.15, 0.2) is 20.0 Å². The number of hydrogen-bond acceptors (Lipinski definition) is 2. The van der Waals surface area contributed by atoms with E-state index in [1.54, 1.807) is 0 Å². The second-order valence-electron chi connectivity index (χ2n) is 1.56. The summed E-state index contributed by atoms with van der Waals surface area (Å²) >= 11 is -0.0766. The molecule has 0 aromatic heterocycles. The monoisotopic (exact) mass is 222 g/mol. The second-order valence-corrected chi connectivity index (χ2v) is 4.16. The van der Waals surface area contributed by atoms with Gasteiger partial charge >= 0.3 is 0 Å². The van der Waals surface area contributed by atoms with E-state index in [-0.39, 0.29) is 21.0 Å². The lowest BCUT2D eigenvalue weighted by atomic mass is 10.5. The zero-order valence-electron chi connectivity index (χ0n) is 4.85. The Hall–Kier alpha value is -0.0600. The van der Waals surface area contributed by atoms with Crippen molar-refractivity contribution in [3.8, 4) is 0 Å². The van der Waals surface area contributed by atoms with Crippen LogP contribution in [0.5, 0.6) is 0 Å². The van der Waals surface area contributed by atoms with Gasteiger partial charge < -0.3 is 0 Å². The average molecular weight is 222 g/mol. The molecule has 0 saturated carbocycles. The van der Waals surface area contributed by atoms with Crippen LogP contribution in [-0.2, 0) is 0 Å². The van der Waals surface area contributed by atoms with Crippen LogP contribution >= 0.6 is 21.0 Å². The molecule has 0 unspecified atom stereocenters. The van der Waals surface area contributed by atoms with Gasteiger partial charge in [-0.25, -0.2) is 8.14 Å². The molecular formula is C5H7IN2. The number of rotatable bonds is 0. The smallest absolute Gasteiger partial charge is 0.0881 e. The molecule has 0 bridgehead atoms. The molecule has 1 rings (SSSR count). The summed E-state index contributed by atoms with van der Waals surface area (Å²) < 4.78 is 5.37. The van der Waals surface area contributed by atoms with Gasteiger partial charge in [-0.05, 0) is 13.8 Å². The van der Waals surface area contributed by atoms with Crippen LogP contribution in [0.2, 0.25) is 0 Å². The molecule has 1 heterocycles. The standard InChI is InChI=1S/C5H7IN2/c1-4-3-7-6-5(2)8-4/h3H,1-2H3. The maximum absolute atomic E-state index is 4.22. The molecule has 0 amide bonds. The van der Waals surface area contributed by atoms with Crippen LogP contribution in [-0.4, -0.2) is 3.72 Å². The van der Waals surface area contributed by atoms with Gasteiger partial charge in [-0.3, -0.25) is 0 Å². The summed E-state index contributed by atoms with van der Waals surface area (Å²) in [7, 11) is 0. The molecule has 1 aliphatic rings. The molecule has 0 N–H and O–H groups in total. The molecule has 8 heavy (non-hydrogen) atoms. The Labute approximate surface area is 58.9 Å². The first-order valence-electron chi connectivity index (χ1n) is 2.35. The maximum atomic E-state index is 4.22. The van der Waals surface area contributed by atoms with E-state index in [2.05, 4.69) is 8.14 Å². The molecule has 0 aliphatic carbocycles. The highest BCUT2D eigenvalue weighted by Gasteiger charge is 1.90. The van der Waals surface area contributed by atoms with Crippen molar-refractivity contribution in [1.29, 1.82) is 0 Å². The SMILES string of the molecule is CC1=CN=IC(C)=N1. The zero-order chi connectivity index (χ0) is 5.98. The number of aliphatic imine (C=N–C) groups is 1. The minimum absolute atomic E-state index is 0.0766. The van der Waals surface area contributed by atoms with E-state index in [1.807, 2.05) is 20.0 Å². The fourth-order valence-corrected chi connectivity index (χ4v) is 1.89. The Bertz CT molecular complexity index is 176. The first-order valence-corrected chi connectivity index (χ1v) is 4.40. The summed E-state index contributed by atoms with van der Waals surface area (Å²) in [6.07, 6.45) is 1.85. The van der Waals surface area contributed by atoms with Gasteiger partial charge in [0.1, 0.15) is 0 Å². The molecule has 0 aromatic carbocycles. The van der Waals surface area contributed by atoms with Crippen molar-refractivity contribution in [2.75, 3.05) is 0 Å². The van der Waals surface area contributed by atoms with Crippen molar-refractivity contribution in [2.24, 2.45) is 8.14 Å². The van der Waals surface area contributed by atoms with Crippen LogP contribution in [0, 0.1) is 0 Å². The first kappa shape index (κ1) is 6.07. The van der Waals surface area contributed by atoms with Crippen molar-refractivity contribution in [3.05, 3.63) is 11.9 Å². The van der Waals surface area contributed by atoms with E-state index in [0.717, 1.165) is 5.70 Å².